The second kappa shape index (κ2) is 7.95. The molecule has 1 heterocycles. The first-order valence-corrected chi connectivity index (χ1v) is 9.46. The summed E-state index contributed by atoms with van der Waals surface area (Å²) < 4.78 is 5.16. The number of nitrogens with one attached hydrogen (secondary N) is 2. The van der Waals surface area contributed by atoms with Gasteiger partial charge >= 0.3 is 6.03 Å². The first-order valence-electron chi connectivity index (χ1n) is 9.46. The molecular formula is C22H25N3O4. The fourth-order valence-corrected chi connectivity index (χ4v) is 3.49. The second-order valence-corrected chi connectivity index (χ2v) is 7.18. The molecule has 1 aliphatic heterocycles. The molecule has 0 saturated carbocycles. The predicted molar refractivity (Wildman–Crippen MR) is 110 cm³/mol. The zero-order valence-electron chi connectivity index (χ0n) is 17.0. The molecule has 0 spiro atoms. The van der Waals surface area contributed by atoms with Gasteiger partial charge in [-0.05, 0) is 55.2 Å². The molecule has 1 atom stereocenters. The maximum Gasteiger partial charge on any atom is 0.325 e. The molecule has 0 bridgehead atoms. The van der Waals surface area contributed by atoms with Gasteiger partial charge in [0.05, 0.1) is 7.11 Å². The molecule has 0 unspecified atom stereocenters. The number of hydrogen-bond acceptors (Lipinski definition) is 4. The number of hydrogen-bond donors (Lipinski definition) is 2. The Hall–Kier alpha value is -3.35. The zero-order valence-corrected chi connectivity index (χ0v) is 17.0. The van der Waals surface area contributed by atoms with E-state index in [0.29, 0.717) is 23.4 Å². The van der Waals surface area contributed by atoms with Crippen LogP contribution in [0.2, 0.25) is 0 Å². The average Bonchev–Trinajstić information content (AvgIpc) is 2.96. The normalized spacial score (nSPS) is 18.6. The number of aryl methyl sites for hydroxylation is 2. The van der Waals surface area contributed by atoms with Gasteiger partial charge in [0, 0.05) is 5.69 Å². The van der Waals surface area contributed by atoms with Gasteiger partial charge in [0.15, 0.2) is 0 Å². The molecule has 3 rings (SSSR count). The molecule has 29 heavy (non-hydrogen) atoms. The summed E-state index contributed by atoms with van der Waals surface area (Å²) in [6, 6.07) is 12.1. The minimum Gasteiger partial charge on any atom is -0.497 e. The highest BCUT2D eigenvalue weighted by Gasteiger charge is 2.51. The van der Waals surface area contributed by atoms with Gasteiger partial charge in [0.25, 0.3) is 5.91 Å². The van der Waals surface area contributed by atoms with Gasteiger partial charge in [0.2, 0.25) is 5.91 Å². The van der Waals surface area contributed by atoms with E-state index in [1.54, 1.807) is 31.4 Å². The lowest BCUT2D eigenvalue weighted by Crippen LogP contribution is -2.44. The van der Waals surface area contributed by atoms with E-state index in [-0.39, 0.29) is 6.54 Å². The molecule has 2 aromatic carbocycles. The van der Waals surface area contributed by atoms with E-state index in [0.717, 1.165) is 16.0 Å². The van der Waals surface area contributed by atoms with Crippen LogP contribution >= 0.6 is 0 Å². The van der Waals surface area contributed by atoms with Gasteiger partial charge in [-0.25, -0.2) is 4.79 Å². The van der Waals surface area contributed by atoms with E-state index in [9.17, 15) is 14.4 Å². The topological polar surface area (TPSA) is 87.7 Å². The lowest BCUT2D eigenvalue weighted by Gasteiger charge is -2.26. The molecule has 2 aromatic rings. The summed E-state index contributed by atoms with van der Waals surface area (Å²) in [5, 5.41) is 5.57. The number of imide groups is 1. The Balaban J connectivity index is 1.80. The third kappa shape index (κ3) is 3.81. The van der Waals surface area contributed by atoms with Crippen LogP contribution in [0.5, 0.6) is 5.75 Å². The number of ether oxygens (including phenoxy) is 1. The van der Waals surface area contributed by atoms with Gasteiger partial charge in [-0.2, -0.15) is 0 Å². The van der Waals surface area contributed by atoms with Crippen molar-refractivity contribution in [1.29, 1.82) is 0 Å². The third-order valence-corrected chi connectivity index (χ3v) is 5.26. The van der Waals surface area contributed by atoms with Crippen LogP contribution < -0.4 is 15.4 Å². The van der Waals surface area contributed by atoms with Crippen molar-refractivity contribution in [3.63, 3.8) is 0 Å². The van der Waals surface area contributed by atoms with E-state index in [4.69, 9.17) is 4.74 Å². The van der Waals surface area contributed by atoms with Crippen LogP contribution in [0.15, 0.2) is 42.5 Å². The van der Waals surface area contributed by atoms with Gasteiger partial charge < -0.3 is 15.4 Å². The van der Waals surface area contributed by atoms with Crippen LogP contribution in [-0.2, 0) is 15.1 Å². The van der Waals surface area contributed by atoms with Crippen molar-refractivity contribution in [2.45, 2.75) is 32.7 Å². The lowest BCUT2D eigenvalue weighted by molar-refractivity contribution is -0.134. The summed E-state index contributed by atoms with van der Waals surface area (Å²) in [6.07, 6.45) is 0.360. The average molecular weight is 395 g/mol. The van der Waals surface area contributed by atoms with Crippen LogP contribution in [0, 0.1) is 13.8 Å². The van der Waals surface area contributed by atoms with Crippen molar-refractivity contribution in [2.75, 3.05) is 19.0 Å². The van der Waals surface area contributed by atoms with Crippen molar-refractivity contribution in [1.82, 2.24) is 10.2 Å². The summed E-state index contributed by atoms with van der Waals surface area (Å²) in [5.74, 6) is -0.211. The van der Waals surface area contributed by atoms with Crippen molar-refractivity contribution >= 4 is 23.5 Å². The summed E-state index contributed by atoms with van der Waals surface area (Å²) >= 11 is 0. The third-order valence-electron chi connectivity index (χ3n) is 5.26. The Kier molecular flexibility index (Phi) is 5.59. The number of urea groups is 1. The number of carbonyl (C=O) groups is 3. The van der Waals surface area contributed by atoms with Gasteiger partial charge in [-0.3, -0.25) is 14.5 Å². The quantitative estimate of drug-likeness (QED) is 0.736. The Morgan fingerprint density at radius 3 is 2.45 bits per heavy atom. The number of carbonyl (C=O) groups excluding carboxylic acids is 3. The minimum atomic E-state index is -1.19. The molecule has 152 valence electrons. The van der Waals surface area contributed by atoms with Crippen molar-refractivity contribution in [3.05, 3.63) is 59.2 Å². The van der Waals surface area contributed by atoms with Crippen molar-refractivity contribution < 1.29 is 19.1 Å². The highest BCUT2D eigenvalue weighted by atomic mass is 16.5. The van der Waals surface area contributed by atoms with E-state index in [1.165, 1.54) is 0 Å². The molecule has 4 amide bonds. The van der Waals surface area contributed by atoms with Crippen molar-refractivity contribution in [2.24, 2.45) is 0 Å². The molecule has 1 fully saturated rings. The Bertz CT molecular complexity index is 955. The highest BCUT2D eigenvalue weighted by molar-refractivity contribution is 6.10. The van der Waals surface area contributed by atoms with Gasteiger partial charge in [0.1, 0.15) is 17.8 Å². The fraction of sp³-hybridized carbons (Fsp3) is 0.318. The summed E-state index contributed by atoms with van der Waals surface area (Å²) in [6.45, 7) is 5.28. The number of anilines is 1. The number of methoxy groups -OCH3 is 1. The number of benzene rings is 2. The molecule has 2 N–H and O–H groups in total. The zero-order chi connectivity index (χ0) is 21.2. The monoisotopic (exact) mass is 395 g/mol. The first kappa shape index (κ1) is 20.4. The van der Waals surface area contributed by atoms with Crippen LogP contribution in [0.4, 0.5) is 10.5 Å². The number of rotatable bonds is 6. The Morgan fingerprint density at radius 1 is 1.14 bits per heavy atom. The van der Waals surface area contributed by atoms with E-state index in [1.807, 2.05) is 39.0 Å². The fourth-order valence-electron chi connectivity index (χ4n) is 3.49. The summed E-state index contributed by atoms with van der Waals surface area (Å²) in [5.41, 5.74) is 2.03. The van der Waals surface area contributed by atoms with Crippen LogP contribution in [-0.4, -0.2) is 36.4 Å². The molecular weight excluding hydrogens is 370 g/mol. The molecule has 7 heteroatoms. The predicted octanol–water partition coefficient (Wildman–Crippen LogP) is 3.11. The molecule has 0 radical (unpaired) electrons. The summed E-state index contributed by atoms with van der Waals surface area (Å²) in [7, 11) is 1.56. The number of amides is 4. The molecule has 1 saturated heterocycles. The first-order chi connectivity index (χ1) is 13.8. The SMILES string of the molecule is CC[C@@]1(c2ccc(OC)cc2)NC(=O)N(CC(=O)Nc2cc(C)ccc2C)C1=O. The Morgan fingerprint density at radius 2 is 1.83 bits per heavy atom. The molecule has 0 aliphatic carbocycles. The summed E-state index contributed by atoms with van der Waals surface area (Å²) in [4.78, 5) is 39.2. The smallest absolute Gasteiger partial charge is 0.325 e. The maximum atomic E-state index is 13.2. The van der Waals surface area contributed by atoms with Crippen LogP contribution in [0.25, 0.3) is 0 Å². The standard InChI is InChI=1S/C22H25N3O4/c1-5-22(16-8-10-17(29-4)11-9-16)20(27)25(21(28)24-22)13-19(26)23-18-12-14(2)6-7-15(18)3/h6-12H,5,13H2,1-4H3,(H,23,26)(H,24,28)/t22-/m0/s1. The second-order valence-electron chi connectivity index (χ2n) is 7.18. The van der Waals surface area contributed by atoms with E-state index < -0.39 is 23.4 Å². The molecule has 1 aliphatic rings. The van der Waals surface area contributed by atoms with Crippen molar-refractivity contribution in [3.8, 4) is 5.75 Å². The largest absolute Gasteiger partial charge is 0.497 e. The minimum absolute atomic E-state index is 0.351. The van der Waals surface area contributed by atoms with Crippen LogP contribution in [0.3, 0.4) is 0 Å². The van der Waals surface area contributed by atoms with Gasteiger partial charge in [-0.15, -0.1) is 0 Å². The highest BCUT2D eigenvalue weighted by Crippen LogP contribution is 2.33. The Labute approximate surface area is 170 Å². The molecule has 7 nitrogen and oxygen atoms in total. The lowest BCUT2D eigenvalue weighted by atomic mass is 9.87. The van der Waals surface area contributed by atoms with Crippen LogP contribution in [0.1, 0.15) is 30.0 Å². The van der Waals surface area contributed by atoms with E-state index in [2.05, 4.69) is 10.6 Å². The number of nitrogens with zero attached hydrogens (tertiary/aromatic N) is 1. The molecule has 0 aromatic heterocycles. The maximum absolute atomic E-state index is 13.2. The van der Waals surface area contributed by atoms with Gasteiger partial charge in [-0.1, -0.05) is 31.2 Å². The van der Waals surface area contributed by atoms with E-state index >= 15 is 0 Å².